The Morgan fingerprint density at radius 2 is 1.81 bits per heavy atom. The third-order valence-corrected chi connectivity index (χ3v) is 10.00. The fraction of sp³-hybridized carbons (Fsp3) is 0.381. The second-order valence-electron chi connectivity index (χ2n) is 7.89. The molecule has 2 unspecified atom stereocenters. The lowest BCUT2D eigenvalue weighted by molar-refractivity contribution is 0.0986. The summed E-state index contributed by atoms with van der Waals surface area (Å²) >= 11 is 1.75. The Morgan fingerprint density at radius 3 is 2.48 bits per heavy atom. The SMILES string of the molecule is CC1CCN(C(=O)c2ccc(S(=O)(=O)NC3CCS(=O)(=O)C3)cc2)c2ccccc2S1. The summed E-state index contributed by atoms with van der Waals surface area (Å²) in [7, 11) is -7.06. The summed E-state index contributed by atoms with van der Waals surface area (Å²) in [5.41, 5.74) is 1.26. The van der Waals surface area contributed by atoms with Gasteiger partial charge in [-0.05, 0) is 49.2 Å². The molecule has 166 valence electrons. The largest absolute Gasteiger partial charge is 0.307 e. The normalized spacial score (nSPS) is 23.2. The molecule has 2 aromatic carbocycles. The molecule has 0 bridgehead atoms. The van der Waals surface area contributed by atoms with E-state index in [2.05, 4.69) is 11.6 Å². The minimum absolute atomic E-state index is 0.00814. The lowest BCUT2D eigenvalue weighted by Gasteiger charge is -2.22. The third-order valence-electron chi connectivity index (χ3n) is 5.45. The molecule has 1 fully saturated rings. The van der Waals surface area contributed by atoms with E-state index in [0.717, 1.165) is 17.0 Å². The maximum Gasteiger partial charge on any atom is 0.258 e. The maximum atomic E-state index is 13.2. The first kappa shape index (κ1) is 22.3. The molecular weight excluding hydrogens is 456 g/mol. The Labute approximate surface area is 187 Å². The van der Waals surface area contributed by atoms with E-state index in [-0.39, 0.29) is 28.7 Å². The Morgan fingerprint density at radius 1 is 1.10 bits per heavy atom. The number of fused-ring (bicyclic) bond motifs is 1. The van der Waals surface area contributed by atoms with Gasteiger partial charge in [-0.15, -0.1) is 11.8 Å². The summed E-state index contributed by atoms with van der Waals surface area (Å²) in [6.45, 7) is 2.72. The first-order valence-corrected chi connectivity index (χ1v) is 14.2. The van der Waals surface area contributed by atoms with Gasteiger partial charge >= 0.3 is 0 Å². The Kier molecular flexibility index (Phi) is 6.17. The van der Waals surface area contributed by atoms with Crippen molar-refractivity contribution in [3.63, 3.8) is 0 Å². The molecule has 1 saturated heterocycles. The van der Waals surface area contributed by atoms with Crippen LogP contribution in [0.1, 0.15) is 30.1 Å². The number of nitrogens with one attached hydrogen (secondary N) is 1. The number of carbonyl (C=O) groups is 1. The molecule has 31 heavy (non-hydrogen) atoms. The molecule has 7 nitrogen and oxygen atoms in total. The first-order valence-electron chi connectivity index (χ1n) is 10.0. The zero-order valence-electron chi connectivity index (χ0n) is 17.0. The molecule has 0 radical (unpaired) electrons. The van der Waals surface area contributed by atoms with Gasteiger partial charge in [0.1, 0.15) is 0 Å². The summed E-state index contributed by atoms with van der Waals surface area (Å²) in [4.78, 5) is 16.0. The van der Waals surface area contributed by atoms with Crippen molar-refractivity contribution in [1.82, 2.24) is 4.72 Å². The quantitative estimate of drug-likeness (QED) is 0.722. The van der Waals surface area contributed by atoms with Gasteiger partial charge in [0, 0.05) is 28.3 Å². The first-order chi connectivity index (χ1) is 14.6. The minimum atomic E-state index is -3.87. The molecule has 2 heterocycles. The van der Waals surface area contributed by atoms with Crippen molar-refractivity contribution in [1.29, 1.82) is 0 Å². The lowest BCUT2D eigenvalue weighted by atomic mass is 10.1. The number of para-hydroxylation sites is 1. The van der Waals surface area contributed by atoms with Gasteiger partial charge in [0.15, 0.2) is 9.84 Å². The number of amides is 1. The van der Waals surface area contributed by atoms with E-state index >= 15 is 0 Å². The van der Waals surface area contributed by atoms with Crippen LogP contribution >= 0.6 is 11.8 Å². The van der Waals surface area contributed by atoms with Gasteiger partial charge in [0.2, 0.25) is 10.0 Å². The van der Waals surface area contributed by atoms with Crippen LogP contribution in [0.5, 0.6) is 0 Å². The number of hydrogen-bond donors (Lipinski definition) is 1. The van der Waals surface area contributed by atoms with Crippen LogP contribution in [-0.2, 0) is 19.9 Å². The Hall–Kier alpha value is -1.88. The molecular formula is C21H24N2O5S3. The zero-order chi connectivity index (χ0) is 22.2. The number of thioether (sulfide) groups is 1. The molecule has 2 aliphatic heterocycles. The van der Waals surface area contributed by atoms with E-state index in [0.29, 0.717) is 17.4 Å². The predicted octanol–water partition coefficient (Wildman–Crippen LogP) is 2.68. The highest BCUT2D eigenvalue weighted by atomic mass is 32.2. The molecule has 1 N–H and O–H groups in total. The highest BCUT2D eigenvalue weighted by molar-refractivity contribution is 8.00. The molecule has 0 aliphatic carbocycles. The van der Waals surface area contributed by atoms with Gasteiger partial charge in [0.25, 0.3) is 5.91 Å². The van der Waals surface area contributed by atoms with Crippen LogP contribution in [0.4, 0.5) is 5.69 Å². The van der Waals surface area contributed by atoms with Crippen molar-refractivity contribution in [2.75, 3.05) is 23.0 Å². The average Bonchev–Trinajstić information content (AvgIpc) is 2.96. The van der Waals surface area contributed by atoms with E-state index in [4.69, 9.17) is 0 Å². The number of sulfonamides is 1. The van der Waals surface area contributed by atoms with Gasteiger partial charge in [-0.25, -0.2) is 21.6 Å². The molecule has 0 saturated carbocycles. The second kappa shape index (κ2) is 8.57. The van der Waals surface area contributed by atoms with Crippen LogP contribution in [0.3, 0.4) is 0 Å². The Balaban J connectivity index is 1.54. The highest BCUT2D eigenvalue weighted by Crippen LogP contribution is 2.37. The number of sulfone groups is 1. The number of rotatable bonds is 4. The van der Waals surface area contributed by atoms with Gasteiger partial charge in [0.05, 0.1) is 22.1 Å². The molecule has 0 spiro atoms. The van der Waals surface area contributed by atoms with Gasteiger partial charge in [-0.3, -0.25) is 4.79 Å². The van der Waals surface area contributed by atoms with E-state index in [1.54, 1.807) is 16.7 Å². The summed E-state index contributed by atoms with van der Waals surface area (Å²) in [5.74, 6) is -0.379. The minimum Gasteiger partial charge on any atom is -0.307 e. The summed E-state index contributed by atoms with van der Waals surface area (Å²) in [6.07, 6.45) is 1.12. The van der Waals surface area contributed by atoms with Gasteiger partial charge < -0.3 is 4.90 Å². The van der Waals surface area contributed by atoms with Crippen LogP contribution in [0.2, 0.25) is 0 Å². The van der Waals surface area contributed by atoms with Gasteiger partial charge in [-0.2, -0.15) is 0 Å². The average molecular weight is 481 g/mol. The van der Waals surface area contributed by atoms with E-state index in [1.807, 2.05) is 24.3 Å². The number of anilines is 1. The zero-order valence-corrected chi connectivity index (χ0v) is 19.5. The molecule has 2 atom stereocenters. The smallest absolute Gasteiger partial charge is 0.258 e. The number of benzene rings is 2. The molecule has 0 aromatic heterocycles. The lowest BCUT2D eigenvalue weighted by Crippen LogP contribution is -2.35. The van der Waals surface area contributed by atoms with Crippen molar-refractivity contribution in [3.05, 3.63) is 54.1 Å². The molecule has 4 rings (SSSR count). The molecule has 2 aromatic rings. The number of nitrogens with zero attached hydrogens (tertiary/aromatic N) is 1. The Bertz CT molecular complexity index is 1190. The van der Waals surface area contributed by atoms with Crippen molar-refractivity contribution in [3.8, 4) is 0 Å². The second-order valence-corrected chi connectivity index (χ2v) is 13.3. The standard InChI is InChI=1S/C21H24N2O5S3/c1-15-10-12-23(19-4-2-3-5-20(19)29-15)21(24)16-6-8-18(9-7-16)31(27,28)22-17-11-13-30(25,26)14-17/h2-9,15,17,22H,10-14H2,1H3. The highest BCUT2D eigenvalue weighted by Gasteiger charge is 2.31. The van der Waals surface area contributed by atoms with Crippen molar-refractivity contribution >= 4 is 43.2 Å². The van der Waals surface area contributed by atoms with E-state index in [9.17, 15) is 21.6 Å². The van der Waals surface area contributed by atoms with Crippen molar-refractivity contribution in [2.45, 2.75) is 40.8 Å². The molecule has 10 heteroatoms. The molecule has 2 aliphatic rings. The summed E-state index contributed by atoms with van der Waals surface area (Å²) < 4.78 is 50.9. The van der Waals surface area contributed by atoms with Crippen LogP contribution in [-0.4, -0.2) is 52.1 Å². The fourth-order valence-corrected chi connectivity index (χ4v) is 7.97. The predicted molar refractivity (Wildman–Crippen MR) is 122 cm³/mol. The van der Waals surface area contributed by atoms with Crippen LogP contribution < -0.4 is 9.62 Å². The summed E-state index contributed by atoms with van der Waals surface area (Å²) in [5, 5.41) is 0.386. The van der Waals surface area contributed by atoms with E-state index in [1.165, 1.54) is 24.3 Å². The fourth-order valence-electron chi connectivity index (χ4n) is 3.81. The monoisotopic (exact) mass is 480 g/mol. The molecule has 1 amide bonds. The summed E-state index contributed by atoms with van der Waals surface area (Å²) in [6, 6.07) is 13.0. The van der Waals surface area contributed by atoms with Crippen molar-refractivity contribution < 1.29 is 21.6 Å². The number of hydrogen-bond acceptors (Lipinski definition) is 6. The number of carbonyl (C=O) groups excluding carboxylic acids is 1. The van der Waals surface area contributed by atoms with Crippen LogP contribution in [0.15, 0.2) is 58.3 Å². The maximum absolute atomic E-state index is 13.2. The van der Waals surface area contributed by atoms with Crippen LogP contribution in [0, 0.1) is 0 Å². The van der Waals surface area contributed by atoms with Crippen molar-refractivity contribution in [2.24, 2.45) is 0 Å². The van der Waals surface area contributed by atoms with Gasteiger partial charge in [-0.1, -0.05) is 19.1 Å². The van der Waals surface area contributed by atoms with Crippen LogP contribution in [0.25, 0.3) is 0 Å². The third kappa shape index (κ3) is 4.97. The topological polar surface area (TPSA) is 101 Å². The van der Waals surface area contributed by atoms with E-state index < -0.39 is 25.9 Å².